The number of aryl methyl sites for hydroxylation is 2. The molecule has 0 atom stereocenters. The summed E-state index contributed by atoms with van der Waals surface area (Å²) in [5.41, 5.74) is 4.21. The zero-order chi connectivity index (χ0) is 16.3. The molecule has 0 N–H and O–H groups in total. The lowest BCUT2D eigenvalue weighted by molar-refractivity contribution is 1.26. The molecule has 0 aliphatic rings. The number of aromatic nitrogens is 2. The Hall–Kier alpha value is -3.00. The van der Waals surface area contributed by atoms with Gasteiger partial charge in [-0.05, 0) is 83.9 Å². The molecule has 3 aromatic carbocycles. The van der Waals surface area contributed by atoms with Gasteiger partial charge in [-0.3, -0.25) is 9.97 Å². The highest BCUT2D eigenvalue weighted by Gasteiger charge is 2.05. The van der Waals surface area contributed by atoms with Crippen LogP contribution in [-0.4, -0.2) is 9.97 Å². The molecule has 0 amide bonds. The van der Waals surface area contributed by atoms with Crippen LogP contribution in [0.15, 0.2) is 60.7 Å². The van der Waals surface area contributed by atoms with Gasteiger partial charge in [0.05, 0.1) is 11.0 Å². The van der Waals surface area contributed by atoms with Crippen LogP contribution in [0.1, 0.15) is 11.4 Å². The van der Waals surface area contributed by atoms with E-state index < -0.39 is 0 Å². The van der Waals surface area contributed by atoms with Gasteiger partial charge < -0.3 is 0 Å². The summed E-state index contributed by atoms with van der Waals surface area (Å²) in [6, 6.07) is 21.8. The average Bonchev–Trinajstić information content (AvgIpc) is 2.56. The molecular weight excluding hydrogens is 292 g/mol. The van der Waals surface area contributed by atoms with Crippen LogP contribution in [0.2, 0.25) is 0 Å². The van der Waals surface area contributed by atoms with E-state index in [0.717, 1.165) is 22.4 Å². The highest BCUT2D eigenvalue weighted by molar-refractivity contribution is 6.07. The van der Waals surface area contributed by atoms with Gasteiger partial charge in [0.15, 0.2) is 0 Å². The molecule has 0 aliphatic carbocycles. The third-order valence-corrected chi connectivity index (χ3v) is 4.69. The van der Waals surface area contributed by atoms with E-state index in [-0.39, 0.29) is 0 Å². The summed E-state index contributed by atoms with van der Waals surface area (Å²) in [7, 11) is 0. The number of hydrogen-bond donors (Lipinski definition) is 0. The van der Waals surface area contributed by atoms with E-state index >= 15 is 0 Å². The molecule has 2 nitrogen and oxygen atoms in total. The summed E-state index contributed by atoms with van der Waals surface area (Å²) in [6.45, 7) is 4.07. The standard InChI is InChI=1S/C22H16N2/c1-13-3-5-15-7-17-10-20-12-22-16(6-4-14(2)24-22)8-18(20)9-19(17)11-21(15)23-13/h3-12H,1-2H3. The van der Waals surface area contributed by atoms with E-state index in [4.69, 9.17) is 0 Å². The van der Waals surface area contributed by atoms with Crippen LogP contribution in [0.3, 0.4) is 0 Å². The van der Waals surface area contributed by atoms with E-state index in [1.54, 1.807) is 0 Å². The Morgan fingerprint density at radius 3 is 1.29 bits per heavy atom. The summed E-state index contributed by atoms with van der Waals surface area (Å²) in [6.07, 6.45) is 0. The lowest BCUT2D eigenvalue weighted by Crippen LogP contribution is -1.86. The fourth-order valence-corrected chi connectivity index (χ4v) is 3.45. The molecule has 2 heteroatoms. The molecule has 0 fully saturated rings. The van der Waals surface area contributed by atoms with Crippen molar-refractivity contribution in [1.82, 2.24) is 9.97 Å². The van der Waals surface area contributed by atoms with Crippen molar-refractivity contribution in [1.29, 1.82) is 0 Å². The van der Waals surface area contributed by atoms with Crippen molar-refractivity contribution in [3.8, 4) is 0 Å². The number of pyridine rings is 2. The molecule has 2 aromatic heterocycles. The molecular formula is C22H16N2. The normalized spacial score (nSPS) is 11.8. The first-order valence-electron chi connectivity index (χ1n) is 8.18. The number of nitrogens with zero attached hydrogens (tertiary/aromatic N) is 2. The van der Waals surface area contributed by atoms with Crippen LogP contribution in [0.25, 0.3) is 43.4 Å². The Morgan fingerprint density at radius 2 is 0.833 bits per heavy atom. The van der Waals surface area contributed by atoms with Gasteiger partial charge in [0.1, 0.15) is 0 Å². The fourth-order valence-electron chi connectivity index (χ4n) is 3.45. The van der Waals surface area contributed by atoms with Gasteiger partial charge >= 0.3 is 0 Å². The second-order valence-electron chi connectivity index (χ2n) is 6.54. The van der Waals surface area contributed by atoms with E-state index in [9.17, 15) is 0 Å². The van der Waals surface area contributed by atoms with Gasteiger partial charge in [-0.2, -0.15) is 0 Å². The Balaban J connectivity index is 1.88. The smallest absolute Gasteiger partial charge is 0.0711 e. The molecule has 5 aromatic rings. The Kier molecular flexibility index (Phi) is 2.66. The first-order valence-corrected chi connectivity index (χ1v) is 8.18. The largest absolute Gasteiger partial charge is 0.253 e. The molecule has 24 heavy (non-hydrogen) atoms. The summed E-state index contributed by atoms with van der Waals surface area (Å²) < 4.78 is 0. The quantitative estimate of drug-likeness (QED) is 0.343. The van der Waals surface area contributed by atoms with Crippen molar-refractivity contribution >= 4 is 43.4 Å². The summed E-state index contributed by atoms with van der Waals surface area (Å²) in [5.74, 6) is 0. The number of rotatable bonds is 0. The Labute approximate surface area is 139 Å². The van der Waals surface area contributed by atoms with Crippen molar-refractivity contribution in [2.24, 2.45) is 0 Å². The molecule has 114 valence electrons. The van der Waals surface area contributed by atoms with Gasteiger partial charge in [0.2, 0.25) is 0 Å². The Bertz CT molecular complexity index is 1170. The van der Waals surface area contributed by atoms with Gasteiger partial charge in [-0.25, -0.2) is 0 Å². The van der Waals surface area contributed by atoms with Gasteiger partial charge in [-0.15, -0.1) is 0 Å². The molecule has 5 rings (SSSR count). The lowest BCUT2D eigenvalue weighted by Gasteiger charge is -2.07. The minimum Gasteiger partial charge on any atom is -0.253 e. The van der Waals surface area contributed by atoms with Crippen molar-refractivity contribution in [3.05, 3.63) is 72.1 Å². The van der Waals surface area contributed by atoms with Crippen molar-refractivity contribution in [3.63, 3.8) is 0 Å². The monoisotopic (exact) mass is 308 g/mol. The van der Waals surface area contributed by atoms with Crippen LogP contribution in [-0.2, 0) is 0 Å². The van der Waals surface area contributed by atoms with Gasteiger partial charge in [0, 0.05) is 22.2 Å². The number of fused-ring (bicyclic) bond motifs is 4. The molecule has 0 bridgehead atoms. The van der Waals surface area contributed by atoms with Crippen LogP contribution in [0.4, 0.5) is 0 Å². The van der Waals surface area contributed by atoms with E-state index in [1.165, 1.54) is 32.3 Å². The molecule has 0 spiro atoms. The van der Waals surface area contributed by atoms with Crippen molar-refractivity contribution in [2.45, 2.75) is 13.8 Å². The molecule has 0 saturated heterocycles. The predicted octanol–water partition coefficient (Wildman–Crippen LogP) is 5.71. The third-order valence-electron chi connectivity index (χ3n) is 4.69. The van der Waals surface area contributed by atoms with Crippen LogP contribution < -0.4 is 0 Å². The topological polar surface area (TPSA) is 25.8 Å². The van der Waals surface area contributed by atoms with Crippen LogP contribution in [0.5, 0.6) is 0 Å². The van der Waals surface area contributed by atoms with Gasteiger partial charge in [-0.1, -0.05) is 12.1 Å². The fraction of sp³-hybridized carbons (Fsp3) is 0.0909. The zero-order valence-corrected chi connectivity index (χ0v) is 13.7. The highest BCUT2D eigenvalue weighted by Crippen LogP contribution is 2.29. The molecule has 0 unspecified atom stereocenters. The lowest BCUT2D eigenvalue weighted by atomic mass is 10.00. The zero-order valence-electron chi connectivity index (χ0n) is 13.7. The maximum absolute atomic E-state index is 4.66. The second-order valence-corrected chi connectivity index (χ2v) is 6.54. The first kappa shape index (κ1) is 13.4. The van der Waals surface area contributed by atoms with Crippen molar-refractivity contribution < 1.29 is 0 Å². The maximum atomic E-state index is 4.66. The molecule has 2 heterocycles. The third kappa shape index (κ3) is 2.04. The summed E-state index contributed by atoms with van der Waals surface area (Å²) in [5, 5.41) is 7.31. The average molecular weight is 308 g/mol. The van der Waals surface area contributed by atoms with E-state index in [2.05, 4.69) is 70.6 Å². The summed E-state index contributed by atoms with van der Waals surface area (Å²) >= 11 is 0. The highest BCUT2D eigenvalue weighted by atomic mass is 14.7. The second kappa shape index (κ2) is 4.75. The minimum atomic E-state index is 1.05. The number of benzene rings is 3. The van der Waals surface area contributed by atoms with Crippen LogP contribution in [0, 0.1) is 13.8 Å². The molecule has 0 radical (unpaired) electrons. The minimum absolute atomic E-state index is 1.05. The Morgan fingerprint density at radius 1 is 0.458 bits per heavy atom. The summed E-state index contributed by atoms with van der Waals surface area (Å²) in [4.78, 5) is 9.31. The number of hydrogen-bond acceptors (Lipinski definition) is 2. The van der Waals surface area contributed by atoms with Gasteiger partial charge in [0.25, 0.3) is 0 Å². The maximum Gasteiger partial charge on any atom is 0.0711 e. The SMILES string of the molecule is Cc1ccc2cc3cc4cc5nc(C)ccc5cc4cc3cc2n1. The van der Waals surface area contributed by atoms with Crippen molar-refractivity contribution in [2.75, 3.05) is 0 Å². The van der Waals surface area contributed by atoms with E-state index in [0.29, 0.717) is 0 Å². The predicted molar refractivity (Wildman–Crippen MR) is 102 cm³/mol. The van der Waals surface area contributed by atoms with Crippen LogP contribution >= 0.6 is 0 Å². The molecule has 0 aliphatic heterocycles. The first-order chi connectivity index (χ1) is 11.7. The van der Waals surface area contributed by atoms with E-state index in [1.807, 2.05) is 13.8 Å². The molecule has 0 saturated carbocycles.